The van der Waals surface area contributed by atoms with Crippen LogP contribution in [0.15, 0.2) is 89.8 Å². The Bertz CT molecular complexity index is 1090. The summed E-state index contributed by atoms with van der Waals surface area (Å²) < 4.78 is 31.0. The standard InChI is InChI=1S/C27H32N2O3S/c30-33(31,27-10-5-2-6-11-27)21-20-28-16-7-17-29(19-18-28)22-24-12-14-26(15-13-24)32-23-25-8-3-1-4-9-25/h1-6,8-15H,7,16-23H2. The van der Waals surface area contributed by atoms with Gasteiger partial charge in [0.15, 0.2) is 9.84 Å². The quantitative estimate of drug-likeness (QED) is 0.474. The van der Waals surface area contributed by atoms with Crippen molar-refractivity contribution in [1.29, 1.82) is 0 Å². The van der Waals surface area contributed by atoms with Crippen LogP contribution in [-0.4, -0.2) is 56.7 Å². The van der Waals surface area contributed by atoms with Gasteiger partial charge in [0.05, 0.1) is 10.6 Å². The predicted octanol–water partition coefficient (Wildman–Crippen LogP) is 4.25. The molecule has 1 saturated heterocycles. The second-order valence-corrected chi connectivity index (χ2v) is 10.6. The second kappa shape index (κ2) is 11.5. The molecular formula is C27H32N2O3S. The van der Waals surface area contributed by atoms with Gasteiger partial charge < -0.3 is 9.64 Å². The number of benzene rings is 3. The molecule has 5 nitrogen and oxygen atoms in total. The number of ether oxygens (including phenoxy) is 1. The van der Waals surface area contributed by atoms with Gasteiger partial charge >= 0.3 is 0 Å². The number of hydrogen-bond acceptors (Lipinski definition) is 5. The first-order valence-electron chi connectivity index (χ1n) is 11.6. The highest BCUT2D eigenvalue weighted by molar-refractivity contribution is 7.91. The molecule has 1 heterocycles. The number of nitrogens with zero attached hydrogens (tertiary/aromatic N) is 2. The van der Waals surface area contributed by atoms with Gasteiger partial charge in [0.25, 0.3) is 0 Å². The van der Waals surface area contributed by atoms with Crippen LogP contribution >= 0.6 is 0 Å². The maximum absolute atomic E-state index is 12.6. The van der Waals surface area contributed by atoms with Crippen molar-refractivity contribution in [2.75, 3.05) is 38.5 Å². The summed E-state index contributed by atoms with van der Waals surface area (Å²) in [5.41, 5.74) is 2.43. The van der Waals surface area contributed by atoms with E-state index in [-0.39, 0.29) is 5.75 Å². The van der Waals surface area contributed by atoms with E-state index in [1.165, 1.54) is 5.56 Å². The van der Waals surface area contributed by atoms with Crippen LogP contribution in [0, 0.1) is 0 Å². The van der Waals surface area contributed by atoms with Crippen molar-refractivity contribution in [1.82, 2.24) is 9.80 Å². The summed E-state index contributed by atoms with van der Waals surface area (Å²) >= 11 is 0. The van der Waals surface area contributed by atoms with Crippen LogP contribution in [0.5, 0.6) is 5.75 Å². The molecule has 0 bridgehead atoms. The molecule has 33 heavy (non-hydrogen) atoms. The third kappa shape index (κ3) is 7.16. The van der Waals surface area contributed by atoms with Crippen molar-refractivity contribution in [3.63, 3.8) is 0 Å². The van der Waals surface area contributed by atoms with Crippen LogP contribution in [-0.2, 0) is 23.0 Å². The fourth-order valence-corrected chi connectivity index (χ4v) is 5.40. The largest absolute Gasteiger partial charge is 0.489 e. The minimum Gasteiger partial charge on any atom is -0.489 e. The average molecular weight is 465 g/mol. The summed E-state index contributed by atoms with van der Waals surface area (Å²) in [6.07, 6.45) is 1.05. The molecule has 3 aromatic carbocycles. The summed E-state index contributed by atoms with van der Waals surface area (Å²) in [5, 5.41) is 0. The summed E-state index contributed by atoms with van der Waals surface area (Å²) in [6, 6.07) is 27.3. The maximum atomic E-state index is 12.6. The van der Waals surface area contributed by atoms with Crippen LogP contribution in [0.2, 0.25) is 0 Å². The zero-order valence-electron chi connectivity index (χ0n) is 19.0. The van der Waals surface area contributed by atoms with Gasteiger partial charge in [0.1, 0.15) is 12.4 Å². The summed E-state index contributed by atoms with van der Waals surface area (Å²) in [6.45, 7) is 5.84. The predicted molar refractivity (Wildman–Crippen MR) is 132 cm³/mol. The Morgan fingerprint density at radius 3 is 2.06 bits per heavy atom. The van der Waals surface area contributed by atoms with Gasteiger partial charge in [-0.05, 0) is 54.9 Å². The zero-order valence-corrected chi connectivity index (χ0v) is 19.8. The minimum atomic E-state index is -3.23. The van der Waals surface area contributed by atoms with Gasteiger partial charge in [-0.3, -0.25) is 4.90 Å². The Morgan fingerprint density at radius 1 is 0.697 bits per heavy atom. The fourth-order valence-electron chi connectivity index (χ4n) is 4.09. The number of sulfone groups is 1. The molecule has 1 fully saturated rings. The molecule has 0 amide bonds. The maximum Gasteiger partial charge on any atom is 0.179 e. The molecule has 0 aliphatic carbocycles. The topological polar surface area (TPSA) is 49.9 Å². The van der Waals surface area contributed by atoms with Crippen molar-refractivity contribution < 1.29 is 13.2 Å². The summed E-state index contributed by atoms with van der Waals surface area (Å²) in [5.74, 6) is 1.05. The third-order valence-electron chi connectivity index (χ3n) is 6.04. The molecule has 0 aromatic heterocycles. The molecule has 1 aliphatic heterocycles. The molecule has 0 radical (unpaired) electrons. The van der Waals surface area contributed by atoms with Crippen LogP contribution in [0.25, 0.3) is 0 Å². The molecule has 0 atom stereocenters. The lowest BCUT2D eigenvalue weighted by molar-refractivity contribution is 0.257. The molecule has 0 spiro atoms. The van der Waals surface area contributed by atoms with Gasteiger partial charge in [-0.2, -0.15) is 0 Å². The van der Waals surface area contributed by atoms with Gasteiger partial charge in [-0.25, -0.2) is 8.42 Å². The monoisotopic (exact) mass is 464 g/mol. The first kappa shape index (κ1) is 23.5. The van der Waals surface area contributed by atoms with E-state index in [4.69, 9.17) is 4.74 Å². The molecule has 0 saturated carbocycles. The van der Waals surface area contributed by atoms with Gasteiger partial charge in [-0.15, -0.1) is 0 Å². The summed E-state index contributed by atoms with van der Waals surface area (Å²) in [4.78, 5) is 5.14. The van der Waals surface area contributed by atoms with Gasteiger partial charge in [0, 0.05) is 26.2 Å². The van der Waals surface area contributed by atoms with E-state index in [2.05, 4.69) is 34.1 Å². The lowest BCUT2D eigenvalue weighted by Crippen LogP contribution is -2.33. The minimum absolute atomic E-state index is 0.168. The molecule has 6 heteroatoms. The van der Waals surface area contributed by atoms with E-state index < -0.39 is 9.84 Å². The summed E-state index contributed by atoms with van der Waals surface area (Å²) in [7, 11) is -3.23. The first-order valence-corrected chi connectivity index (χ1v) is 13.2. The van der Waals surface area contributed by atoms with Crippen LogP contribution in [0.3, 0.4) is 0 Å². The van der Waals surface area contributed by atoms with Gasteiger partial charge in [-0.1, -0.05) is 60.7 Å². The average Bonchev–Trinajstić information content (AvgIpc) is 3.09. The zero-order chi connectivity index (χ0) is 22.9. The number of hydrogen-bond donors (Lipinski definition) is 0. The SMILES string of the molecule is O=S(=O)(CCN1CCCN(Cc2ccc(OCc3ccccc3)cc2)CC1)c1ccccc1. The highest BCUT2D eigenvalue weighted by Gasteiger charge is 2.19. The highest BCUT2D eigenvalue weighted by Crippen LogP contribution is 2.17. The van der Waals surface area contributed by atoms with E-state index in [9.17, 15) is 8.42 Å². The van der Waals surface area contributed by atoms with Crippen LogP contribution < -0.4 is 4.74 Å². The Labute approximate surface area is 197 Å². The van der Waals surface area contributed by atoms with Crippen molar-refractivity contribution in [3.05, 3.63) is 96.1 Å². The third-order valence-corrected chi connectivity index (χ3v) is 7.75. The van der Waals surface area contributed by atoms with E-state index in [1.54, 1.807) is 24.3 Å². The molecule has 1 aliphatic rings. The molecule has 174 valence electrons. The van der Waals surface area contributed by atoms with E-state index in [0.29, 0.717) is 18.0 Å². The second-order valence-electron chi connectivity index (χ2n) is 8.52. The van der Waals surface area contributed by atoms with Crippen LogP contribution in [0.1, 0.15) is 17.5 Å². The van der Waals surface area contributed by atoms with E-state index >= 15 is 0 Å². The lowest BCUT2D eigenvalue weighted by Gasteiger charge is -2.22. The van der Waals surface area contributed by atoms with Crippen molar-refractivity contribution in [3.8, 4) is 5.75 Å². The Balaban J connectivity index is 1.23. The van der Waals surface area contributed by atoms with E-state index in [0.717, 1.165) is 50.5 Å². The van der Waals surface area contributed by atoms with Crippen molar-refractivity contribution in [2.45, 2.75) is 24.5 Å². The Hall–Kier alpha value is -2.67. The number of rotatable bonds is 9. The molecular weight excluding hydrogens is 432 g/mol. The normalized spacial score (nSPS) is 15.8. The molecule has 3 aromatic rings. The van der Waals surface area contributed by atoms with Crippen molar-refractivity contribution >= 4 is 9.84 Å². The Morgan fingerprint density at radius 2 is 1.33 bits per heavy atom. The highest BCUT2D eigenvalue weighted by atomic mass is 32.2. The van der Waals surface area contributed by atoms with Gasteiger partial charge in [0.2, 0.25) is 0 Å². The van der Waals surface area contributed by atoms with Crippen LogP contribution in [0.4, 0.5) is 0 Å². The molecule has 0 N–H and O–H groups in total. The molecule has 4 rings (SSSR count). The Kier molecular flexibility index (Phi) is 8.15. The lowest BCUT2D eigenvalue weighted by atomic mass is 10.2. The van der Waals surface area contributed by atoms with Crippen molar-refractivity contribution in [2.24, 2.45) is 0 Å². The smallest absolute Gasteiger partial charge is 0.179 e. The molecule has 0 unspecified atom stereocenters. The fraction of sp³-hybridized carbons (Fsp3) is 0.333. The first-order chi connectivity index (χ1) is 16.1. The van der Waals surface area contributed by atoms with E-state index in [1.807, 2.05) is 36.4 Å².